The van der Waals surface area contributed by atoms with Crippen LogP contribution in [-0.4, -0.2) is 22.8 Å². The van der Waals surface area contributed by atoms with E-state index in [0.29, 0.717) is 22.6 Å². The van der Waals surface area contributed by atoms with Crippen molar-refractivity contribution in [2.75, 3.05) is 0 Å². The molecule has 0 radical (unpaired) electrons. The molecule has 2 heterocycles. The summed E-state index contributed by atoms with van der Waals surface area (Å²) in [5.74, 6) is -1.16. The number of ketones is 1. The SMILES string of the molecule is O=C1CC(c2ccc(C(=O)O)cc2)c2c(ccc3c2O/C(=C\c2ccccc2)C3=O)O1. The lowest BCUT2D eigenvalue weighted by Gasteiger charge is -2.26. The summed E-state index contributed by atoms with van der Waals surface area (Å²) in [7, 11) is 0. The smallest absolute Gasteiger partial charge is 0.335 e. The number of aromatic carboxylic acids is 1. The summed E-state index contributed by atoms with van der Waals surface area (Å²) in [6.07, 6.45) is 1.74. The molecular weight excluding hydrogens is 396 g/mol. The molecule has 0 spiro atoms. The monoisotopic (exact) mass is 412 g/mol. The fourth-order valence-electron chi connectivity index (χ4n) is 3.95. The molecule has 1 N–H and O–H groups in total. The number of ether oxygens (including phenoxy) is 2. The van der Waals surface area contributed by atoms with E-state index in [0.717, 1.165) is 11.1 Å². The van der Waals surface area contributed by atoms with E-state index in [9.17, 15) is 14.4 Å². The lowest BCUT2D eigenvalue weighted by molar-refractivity contribution is -0.135. The third kappa shape index (κ3) is 3.28. The predicted octanol–water partition coefficient (Wildman–Crippen LogP) is 4.44. The first kappa shape index (κ1) is 18.8. The highest BCUT2D eigenvalue weighted by Gasteiger charge is 2.38. The zero-order valence-corrected chi connectivity index (χ0v) is 16.2. The van der Waals surface area contributed by atoms with Crippen LogP contribution >= 0.6 is 0 Å². The first-order chi connectivity index (χ1) is 15.0. The molecule has 152 valence electrons. The largest absolute Gasteiger partial charge is 0.478 e. The van der Waals surface area contributed by atoms with Gasteiger partial charge in [0.05, 0.1) is 17.5 Å². The second-order valence-corrected chi connectivity index (χ2v) is 7.36. The Hall–Kier alpha value is -4.19. The number of fused-ring (bicyclic) bond motifs is 3. The van der Waals surface area contributed by atoms with Crippen molar-refractivity contribution in [2.24, 2.45) is 0 Å². The summed E-state index contributed by atoms with van der Waals surface area (Å²) in [6, 6.07) is 18.9. The molecule has 0 aromatic heterocycles. The Balaban J connectivity index is 1.60. The van der Waals surface area contributed by atoms with Crippen LogP contribution in [-0.2, 0) is 4.79 Å². The van der Waals surface area contributed by atoms with Gasteiger partial charge in [0.25, 0.3) is 0 Å². The van der Waals surface area contributed by atoms with Crippen molar-refractivity contribution in [3.8, 4) is 11.5 Å². The molecule has 6 heteroatoms. The van der Waals surface area contributed by atoms with Crippen molar-refractivity contribution in [3.63, 3.8) is 0 Å². The van der Waals surface area contributed by atoms with Crippen LogP contribution in [0.1, 0.15) is 49.7 Å². The van der Waals surface area contributed by atoms with E-state index in [1.54, 1.807) is 30.3 Å². The normalized spacial score (nSPS) is 18.2. The van der Waals surface area contributed by atoms with Crippen LogP contribution in [0, 0.1) is 0 Å². The molecule has 31 heavy (non-hydrogen) atoms. The third-order valence-corrected chi connectivity index (χ3v) is 5.44. The van der Waals surface area contributed by atoms with E-state index < -0.39 is 17.9 Å². The molecule has 0 saturated heterocycles. The number of allylic oxidation sites excluding steroid dienone is 1. The van der Waals surface area contributed by atoms with Crippen LogP contribution < -0.4 is 9.47 Å². The summed E-state index contributed by atoms with van der Waals surface area (Å²) in [6.45, 7) is 0. The van der Waals surface area contributed by atoms with E-state index in [4.69, 9.17) is 14.6 Å². The second kappa shape index (κ2) is 7.25. The molecule has 0 saturated carbocycles. The van der Waals surface area contributed by atoms with Crippen molar-refractivity contribution in [2.45, 2.75) is 12.3 Å². The van der Waals surface area contributed by atoms with Gasteiger partial charge in [0.15, 0.2) is 5.76 Å². The highest BCUT2D eigenvalue weighted by Crippen LogP contribution is 2.48. The number of carboxylic acids is 1. The van der Waals surface area contributed by atoms with Gasteiger partial charge in [-0.05, 0) is 41.5 Å². The Bertz CT molecular complexity index is 1260. The van der Waals surface area contributed by atoms with Crippen LogP contribution in [0.4, 0.5) is 0 Å². The van der Waals surface area contributed by atoms with Gasteiger partial charge in [0.1, 0.15) is 11.5 Å². The second-order valence-electron chi connectivity index (χ2n) is 7.36. The minimum Gasteiger partial charge on any atom is -0.478 e. The van der Waals surface area contributed by atoms with Crippen molar-refractivity contribution >= 4 is 23.8 Å². The maximum Gasteiger partial charge on any atom is 0.335 e. The van der Waals surface area contributed by atoms with Gasteiger partial charge in [-0.25, -0.2) is 4.79 Å². The molecule has 2 aliphatic rings. The fraction of sp³-hybridized carbons (Fsp3) is 0.0800. The van der Waals surface area contributed by atoms with Gasteiger partial charge in [-0.3, -0.25) is 9.59 Å². The first-order valence-corrected chi connectivity index (χ1v) is 9.71. The topological polar surface area (TPSA) is 89.9 Å². The third-order valence-electron chi connectivity index (χ3n) is 5.44. The average molecular weight is 412 g/mol. The van der Waals surface area contributed by atoms with Crippen molar-refractivity contribution < 1.29 is 29.0 Å². The molecule has 1 atom stereocenters. The summed E-state index contributed by atoms with van der Waals surface area (Å²) >= 11 is 0. The van der Waals surface area contributed by atoms with Crippen LogP contribution in [0.5, 0.6) is 11.5 Å². The van der Waals surface area contributed by atoms with Gasteiger partial charge >= 0.3 is 11.9 Å². The van der Waals surface area contributed by atoms with Crippen molar-refractivity contribution in [1.82, 2.24) is 0 Å². The molecule has 1 unspecified atom stereocenters. The highest BCUT2D eigenvalue weighted by molar-refractivity contribution is 6.15. The van der Waals surface area contributed by atoms with Crippen molar-refractivity contribution in [3.05, 3.63) is 100 Å². The maximum atomic E-state index is 12.9. The highest BCUT2D eigenvalue weighted by atomic mass is 16.5. The number of Topliss-reactive ketones (excluding diaryl/α,β-unsaturated/α-hetero) is 1. The Labute approximate surface area is 177 Å². The number of carboxylic acid groups (broad SMARTS) is 1. The number of hydrogen-bond acceptors (Lipinski definition) is 5. The number of hydrogen-bond donors (Lipinski definition) is 1. The zero-order chi connectivity index (χ0) is 21.5. The molecule has 2 aliphatic heterocycles. The van der Waals surface area contributed by atoms with Crippen LogP contribution in [0.2, 0.25) is 0 Å². The fourth-order valence-corrected chi connectivity index (χ4v) is 3.95. The molecule has 0 fully saturated rings. The molecule has 3 aromatic rings. The minimum atomic E-state index is -1.03. The minimum absolute atomic E-state index is 0.0607. The van der Waals surface area contributed by atoms with Gasteiger partial charge in [0, 0.05) is 11.5 Å². The van der Waals surface area contributed by atoms with Gasteiger partial charge in [-0.1, -0.05) is 42.5 Å². The summed E-state index contributed by atoms with van der Waals surface area (Å²) in [5.41, 5.74) is 2.75. The van der Waals surface area contributed by atoms with E-state index in [-0.39, 0.29) is 23.5 Å². The molecule has 0 amide bonds. The number of carbonyl (C=O) groups is 3. The van der Waals surface area contributed by atoms with Crippen molar-refractivity contribution in [1.29, 1.82) is 0 Å². The Morgan fingerprint density at radius 2 is 1.68 bits per heavy atom. The predicted molar refractivity (Wildman–Crippen MR) is 111 cm³/mol. The molecular formula is C25H16O6. The van der Waals surface area contributed by atoms with Crippen LogP contribution in [0.15, 0.2) is 72.5 Å². The van der Waals surface area contributed by atoms with E-state index in [1.807, 2.05) is 30.3 Å². The van der Waals surface area contributed by atoms with Crippen LogP contribution in [0.3, 0.4) is 0 Å². The summed E-state index contributed by atoms with van der Waals surface area (Å²) in [4.78, 5) is 36.3. The van der Waals surface area contributed by atoms with Gasteiger partial charge in [-0.15, -0.1) is 0 Å². The number of esters is 1. The molecule has 0 aliphatic carbocycles. The quantitative estimate of drug-likeness (QED) is 0.389. The van der Waals surface area contributed by atoms with E-state index in [2.05, 4.69) is 0 Å². The Morgan fingerprint density at radius 1 is 0.935 bits per heavy atom. The molecule has 0 bridgehead atoms. The molecule has 3 aromatic carbocycles. The summed E-state index contributed by atoms with van der Waals surface area (Å²) in [5, 5.41) is 9.15. The lowest BCUT2D eigenvalue weighted by Crippen LogP contribution is -2.21. The number of rotatable bonds is 3. The lowest BCUT2D eigenvalue weighted by atomic mass is 9.84. The number of carbonyl (C=O) groups excluding carboxylic acids is 2. The Kier molecular flexibility index (Phi) is 4.40. The zero-order valence-electron chi connectivity index (χ0n) is 16.2. The molecule has 6 nitrogen and oxygen atoms in total. The van der Waals surface area contributed by atoms with Gasteiger partial charge < -0.3 is 14.6 Å². The van der Waals surface area contributed by atoms with E-state index in [1.165, 1.54) is 12.1 Å². The summed E-state index contributed by atoms with van der Waals surface area (Å²) < 4.78 is 11.4. The number of benzene rings is 3. The first-order valence-electron chi connectivity index (χ1n) is 9.71. The molecule has 5 rings (SSSR count). The van der Waals surface area contributed by atoms with Gasteiger partial charge in [0.2, 0.25) is 5.78 Å². The Morgan fingerprint density at radius 3 is 2.39 bits per heavy atom. The average Bonchev–Trinajstić information content (AvgIpc) is 3.09. The maximum absolute atomic E-state index is 12.9. The van der Waals surface area contributed by atoms with Crippen LogP contribution in [0.25, 0.3) is 6.08 Å². The van der Waals surface area contributed by atoms with Gasteiger partial charge in [-0.2, -0.15) is 0 Å². The van der Waals surface area contributed by atoms with E-state index >= 15 is 0 Å². The standard InChI is InChI=1S/C25H16O6/c26-21-13-18(15-6-8-16(9-7-15)25(28)29)22-19(30-21)11-10-17-23(27)20(31-24(17)22)12-14-4-2-1-3-5-14/h1-12,18H,13H2,(H,28,29)/b20-12-.